The number of benzene rings is 8. The maximum atomic E-state index is 6.41. The Bertz CT molecular complexity index is 2910. The second-order valence-corrected chi connectivity index (χ2v) is 12.8. The summed E-state index contributed by atoms with van der Waals surface area (Å²) in [6, 6.07) is 61.0. The number of hydrogen-bond donors (Lipinski definition) is 0. The Balaban J connectivity index is 1.25. The Labute approximate surface area is 294 Å². The number of hydrogen-bond acceptors (Lipinski definition) is 4. The van der Waals surface area contributed by atoms with Gasteiger partial charge >= 0.3 is 0 Å². The molecule has 0 unspecified atom stereocenters. The number of para-hydroxylation sites is 1. The highest BCUT2D eigenvalue weighted by molar-refractivity contribution is 6.15. The van der Waals surface area contributed by atoms with Gasteiger partial charge in [-0.2, -0.15) is 0 Å². The van der Waals surface area contributed by atoms with Crippen LogP contribution in [0.15, 0.2) is 180 Å². The molecule has 0 bridgehead atoms. The molecule has 0 radical (unpaired) electrons. The zero-order valence-electron chi connectivity index (χ0n) is 27.5. The van der Waals surface area contributed by atoms with Crippen molar-refractivity contribution in [3.8, 4) is 56.4 Å². The minimum absolute atomic E-state index is 0.596. The van der Waals surface area contributed by atoms with E-state index in [0.29, 0.717) is 17.5 Å². The van der Waals surface area contributed by atoms with Gasteiger partial charge in [0, 0.05) is 27.5 Å². The van der Waals surface area contributed by atoms with Crippen LogP contribution in [0.3, 0.4) is 0 Å². The van der Waals surface area contributed by atoms with Crippen molar-refractivity contribution in [1.29, 1.82) is 0 Å². The Morgan fingerprint density at radius 3 is 1.78 bits per heavy atom. The van der Waals surface area contributed by atoms with Crippen LogP contribution < -0.4 is 0 Å². The monoisotopic (exact) mass is 651 g/mol. The number of nitrogens with zero attached hydrogens (tertiary/aromatic N) is 3. The Morgan fingerprint density at radius 2 is 0.961 bits per heavy atom. The minimum atomic E-state index is 0.596. The lowest BCUT2D eigenvalue weighted by Crippen LogP contribution is -2.02. The molecule has 51 heavy (non-hydrogen) atoms. The molecule has 0 fully saturated rings. The van der Waals surface area contributed by atoms with Crippen molar-refractivity contribution in [3.63, 3.8) is 0 Å². The van der Waals surface area contributed by atoms with E-state index < -0.39 is 0 Å². The van der Waals surface area contributed by atoms with E-state index in [-0.39, 0.29) is 0 Å². The van der Waals surface area contributed by atoms with Crippen LogP contribution in [0, 0.1) is 0 Å². The normalized spacial score (nSPS) is 11.5. The van der Waals surface area contributed by atoms with Crippen molar-refractivity contribution in [2.75, 3.05) is 0 Å². The maximum Gasteiger partial charge on any atom is 0.165 e. The molecule has 0 atom stereocenters. The average molecular weight is 652 g/mol. The highest BCUT2D eigenvalue weighted by Crippen LogP contribution is 2.43. The maximum absolute atomic E-state index is 6.41. The van der Waals surface area contributed by atoms with Gasteiger partial charge in [-0.1, -0.05) is 146 Å². The Morgan fingerprint density at radius 1 is 0.333 bits per heavy atom. The highest BCUT2D eigenvalue weighted by Gasteiger charge is 2.22. The number of aromatic nitrogens is 3. The molecule has 0 saturated heterocycles. The molecule has 0 aliphatic rings. The van der Waals surface area contributed by atoms with E-state index >= 15 is 0 Å². The molecule has 8 aromatic carbocycles. The summed E-state index contributed by atoms with van der Waals surface area (Å²) >= 11 is 0. The standard InChI is InChI=1S/C47H29N3O/c1-3-12-30(13-4-1)33-22-23-35-29-36(25-24-34(35)28-33)45-48-46(39-20-11-17-31-16-7-8-18-37(31)39)50-47(49-45)44-38(32-14-5-2-6-15-32)26-27-42-43(44)40-19-9-10-21-41(40)51-42/h1-29H. The molecule has 0 spiro atoms. The van der Waals surface area contributed by atoms with E-state index in [2.05, 4.69) is 152 Å². The topological polar surface area (TPSA) is 51.8 Å². The summed E-state index contributed by atoms with van der Waals surface area (Å²) < 4.78 is 6.41. The van der Waals surface area contributed by atoms with Gasteiger partial charge in [-0.3, -0.25) is 0 Å². The van der Waals surface area contributed by atoms with Crippen molar-refractivity contribution >= 4 is 43.5 Å². The van der Waals surface area contributed by atoms with Gasteiger partial charge in [0.15, 0.2) is 17.5 Å². The van der Waals surface area contributed by atoms with Gasteiger partial charge in [-0.15, -0.1) is 0 Å². The van der Waals surface area contributed by atoms with Crippen LogP contribution >= 0.6 is 0 Å². The van der Waals surface area contributed by atoms with Crippen molar-refractivity contribution in [2.45, 2.75) is 0 Å². The van der Waals surface area contributed by atoms with Gasteiger partial charge in [0.25, 0.3) is 0 Å². The molecule has 10 rings (SSSR count). The molecule has 0 N–H and O–H groups in total. The highest BCUT2D eigenvalue weighted by atomic mass is 16.3. The van der Waals surface area contributed by atoms with Crippen LogP contribution in [0.2, 0.25) is 0 Å². The summed E-state index contributed by atoms with van der Waals surface area (Å²) in [5, 5.41) is 6.50. The number of fused-ring (bicyclic) bond motifs is 5. The first-order valence-corrected chi connectivity index (χ1v) is 17.1. The predicted molar refractivity (Wildman–Crippen MR) is 209 cm³/mol. The molecule has 4 nitrogen and oxygen atoms in total. The molecular weight excluding hydrogens is 623 g/mol. The second kappa shape index (κ2) is 11.9. The third-order valence-electron chi connectivity index (χ3n) is 9.72. The van der Waals surface area contributed by atoms with Crippen molar-refractivity contribution in [3.05, 3.63) is 176 Å². The largest absolute Gasteiger partial charge is 0.456 e. The molecule has 0 aliphatic carbocycles. The number of rotatable bonds is 5. The summed E-state index contributed by atoms with van der Waals surface area (Å²) in [4.78, 5) is 15.8. The smallest absolute Gasteiger partial charge is 0.165 e. The quantitative estimate of drug-likeness (QED) is 0.186. The van der Waals surface area contributed by atoms with E-state index in [1.807, 2.05) is 24.3 Å². The zero-order valence-corrected chi connectivity index (χ0v) is 27.5. The molecule has 2 aromatic heterocycles. The van der Waals surface area contributed by atoms with Crippen LogP contribution in [0.5, 0.6) is 0 Å². The fourth-order valence-electron chi connectivity index (χ4n) is 7.26. The fraction of sp³-hybridized carbons (Fsp3) is 0. The predicted octanol–water partition coefficient (Wildman–Crippen LogP) is 12.4. The first-order valence-electron chi connectivity index (χ1n) is 17.1. The summed E-state index contributed by atoms with van der Waals surface area (Å²) in [7, 11) is 0. The van der Waals surface area contributed by atoms with E-state index in [1.54, 1.807) is 0 Å². The minimum Gasteiger partial charge on any atom is -0.456 e. The van der Waals surface area contributed by atoms with Crippen LogP contribution in [-0.2, 0) is 0 Å². The fourth-order valence-corrected chi connectivity index (χ4v) is 7.26. The van der Waals surface area contributed by atoms with E-state index in [9.17, 15) is 0 Å². The third kappa shape index (κ3) is 5.04. The molecule has 4 heteroatoms. The first-order chi connectivity index (χ1) is 25.3. The molecule has 10 aromatic rings. The van der Waals surface area contributed by atoms with Gasteiger partial charge < -0.3 is 4.42 Å². The average Bonchev–Trinajstić information content (AvgIpc) is 3.59. The van der Waals surface area contributed by atoms with E-state index in [0.717, 1.165) is 71.3 Å². The van der Waals surface area contributed by atoms with Crippen LogP contribution in [0.1, 0.15) is 0 Å². The summed E-state index contributed by atoms with van der Waals surface area (Å²) in [5.41, 5.74) is 8.90. The molecule has 2 heterocycles. The van der Waals surface area contributed by atoms with Gasteiger partial charge in [-0.05, 0) is 74.1 Å². The molecule has 0 amide bonds. The molecule has 238 valence electrons. The summed E-state index contributed by atoms with van der Waals surface area (Å²) in [6.07, 6.45) is 0. The second-order valence-electron chi connectivity index (χ2n) is 12.8. The van der Waals surface area contributed by atoms with Gasteiger partial charge in [-0.25, -0.2) is 15.0 Å². The molecule has 0 saturated carbocycles. The summed E-state index contributed by atoms with van der Waals surface area (Å²) in [6.45, 7) is 0. The van der Waals surface area contributed by atoms with Crippen LogP contribution in [0.25, 0.3) is 99.9 Å². The SMILES string of the molecule is c1ccc(-c2ccc3cc(-c4nc(-c5cccc6ccccc56)nc(-c5c(-c6ccccc6)ccc6oc7ccccc7c56)n4)ccc3c2)cc1. The molecular formula is C47H29N3O. The lowest BCUT2D eigenvalue weighted by atomic mass is 9.94. The van der Waals surface area contributed by atoms with Gasteiger partial charge in [0.2, 0.25) is 0 Å². The van der Waals surface area contributed by atoms with Crippen LogP contribution in [0.4, 0.5) is 0 Å². The van der Waals surface area contributed by atoms with Crippen molar-refractivity contribution in [1.82, 2.24) is 15.0 Å². The number of furan rings is 1. The van der Waals surface area contributed by atoms with Crippen molar-refractivity contribution in [2.24, 2.45) is 0 Å². The van der Waals surface area contributed by atoms with E-state index in [1.165, 1.54) is 11.1 Å². The first kappa shape index (κ1) is 29.0. The zero-order chi connectivity index (χ0) is 33.7. The van der Waals surface area contributed by atoms with E-state index in [4.69, 9.17) is 19.4 Å². The summed E-state index contributed by atoms with van der Waals surface area (Å²) in [5.74, 6) is 1.83. The lowest BCUT2D eigenvalue weighted by molar-refractivity contribution is 0.669. The van der Waals surface area contributed by atoms with Gasteiger partial charge in [0.05, 0.1) is 0 Å². The third-order valence-corrected chi connectivity index (χ3v) is 9.72. The lowest BCUT2D eigenvalue weighted by Gasteiger charge is -2.14. The Kier molecular flexibility index (Phi) is 6.78. The van der Waals surface area contributed by atoms with Gasteiger partial charge in [0.1, 0.15) is 11.2 Å². The van der Waals surface area contributed by atoms with Crippen LogP contribution in [-0.4, -0.2) is 15.0 Å². The molecule has 0 aliphatic heterocycles. The van der Waals surface area contributed by atoms with Crippen molar-refractivity contribution < 1.29 is 4.42 Å². The Hall–Kier alpha value is -6.91.